The van der Waals surface area contributed by atoms with E-state index in [1.165, 1.54) is 5.56 Å². The Morgan fingerprint density at radius 2 is 2.26 bits per heavy atom. The summed E-state index contributed by atoms with van der Waals surface area (Å²) in [5, 5.41) is 9.09. The molecule has 3 rings (SSSR count). The van der Waals surface area contributed by atoms with Crippen molar-refractivity contribution in [1.29, 1.82) is 0 Å². The summed E-state index contributed by atoms with van der Waals surface area (Å²) in [5.74, 6) is 0.912. The van der Waals surface area contributed by atoms with Crippen LogP contribution in [0.3, 0.4) is 0 Å². The molecule has 102 valence electrons. The number of rotatable bonds is 4. The molecule has 0 radical (unpaired) electrons. The van der Waals surface area contributed by atoms with Gasteiger partial charge in [-0.2, -0.15) is 0 Å². The van der Waals surface area contributed by atoms with Crippen LogP contribution in [0.1, 0.15) is 43.2 Å². The summed E-state index contributed by atoms with van der Waals surface area (Å²) < 4.78 is 6.72. The topological polar surface area (TPSA) is 46.5 Å². The minimum Gasteiger partial charge on any atom is -0.489 e. The SMILES string of the molecule is CC1Cc2cc(C(CC(=O)O)C3CC3)cc(Br)c2O1. The molecule has 0 aromatic heterocycles. The van der Waals surface area contributed by atoms with E-state index in [9.17, 15) is 4.79 Å². The number of benzene rings is 1. The Morgan fingerprint density at radius 1 is 1.53 bits per heavy atom. The Kier molecular flexibility index (Phi) is 3.29. The molecule has 0 saturated heterocycles. The monoisotopic (exact) mass is 324 g/mol. The van der Waals surface area contributed by atoms with Gasteiger partial charge in [0.1, 0.15) is 11.9 Å². The van der Waals surface area contributed by atoms with Gasteiger partial charge in [-0.1, -0.05) is 6.07 Å². The molecule has 3 nitrogen and oxygen atoms in total. The van der Waals surface area contributed by atoms with E-state index in [1.54, 1.807) is 0 Å². The van der Waals surface area contributed by atoms with Crippen molar-refractivity contribution in [3.8, 4) is 5.75 Å². The Morgan fingerprint density at radius 3 is 2.89 bits per heavy atom. The normalized spacial score (nSPS) is 22.7. The number of fused-ring (bicyclic) bond motifs is 1. The van der Waals surface area contributed by atoms with Crippen molar-refractivity contribution in [2.45, 2.75) is 44.6 Å². The van der Waals surface area contributed by atoms with Gasteiger partial charge >= 0.3 is 5.97 Å². The third-order valence-corrected chi connectivity index (χ3v) is 4.57. The fourth-order valence-corrected chi connectivity index (χ4v) is 3.58. The van der Waals surface area contributed by atoms with Crippen molar-refractivity contribution < 1.29 is 14.6 Å². The Labute approximate surface area is 121 Å². The number of carboxylic acids is 1. The molecule has 0 spiro atoms. The highest BCUT2D eigenvalue weighted by Crippen LogP contribution is 2.47. The predicted octanol–water partition coefficient (Wildman–Crippen LogP) is 3.74. The summed E-state index contributed by atoms with van der Waals surface area (Å²) in [6, 6.07) is 4.19. The smallest absolute Gasteiger partial charge is 0.303 e. The Balaban J connectivity index is 1.94. The second kappa shape index (κ2) is 4.82. The maximum absolute atomic E-state index is 11.0. The third-order valence-electron chi connectivity index (χ3n) is 3.98. The average molecular weight is 325 g/mol. The summed E-state index contributed by atoms with van der Waals surface area (Å²) in [6.07, 6.45) is 3.65. The highest BCUT2D eigenvalue weighted by molar-refractivity contribution is 9.10. The molecule has 1 heterocycles. The predicted molar refractivity (Wildman–Crippen MR) is 75.7 cm³/mol. The molecule has 1 saturated carbocycles. The van der Waals surface area contributed by atoms with E-state index in [-0.39, 0.29) is 18.4 Å². The van der Waals surface area contributed by atoms with Crippen molar-refractivity contribution in [3.05, 3.63) is 27.7 Å². The maximum Gasteiger partial charge on any atom is 0.303 e. The first kappa shape index (κ1) is 13.0. The van der Waals surface area contributed by atoms with E-state index in [0.717, 1.165) is 35.0 Å². The molecule has 2 aliphatic rings. The van der Waals surface area contributed by atoms with Crippen LogP contribution < -0.4 is 4.74 Å². The second-order valence-corrected chi connectivity index (χ2v) is 6.52. The standard InChI is InChI=1S/C15H17BrO3/c1-8-4-11-5-10(6-13(16)15(11)19-8)12(7-14(17)18)9-2-3-9/h5-6,8-9,12H,2-4,7H2,1H3,(H,17,18). The highest BCUT2D eigenvalue weighted by atomic mass is 79.9. The van der Waals surface area contributed by atoms with Crippen LogP contribution >= 0.6 is 15.9 Å². The number of hydrogen-bond acceptors (Lipinski definition) is 2. The van der Waals surface area contributed by atoms with Gasteiger partial charge in [-0.3, -0.25) is 4.79 Å². The number of ether oxygens (including phenoxy) is 1. The second-order valence-electron chi connectivity index (χ2n) is 5.67. The summed E-state index contributed by atoms with van der Waals surface area (Å²) >= 11 is 3.56. The van der Waals surface area contributed by atoms with Crippen LogP contribution in [0.25, 0.3) is 0 Å². The van der Waals surface area contributed by atoms with E-state index in [1.807, 2.05) is 6.07 Å². The number of hydrogen-bond donors (Lipinski definition) is 1. The van der Waals surface area contributed by atoms with Crippen molar-refractivity contribution in [3.63, 3.8) is 0 Å². The Bertz CT molecular complexity index is 522. The first-order chi connectivity index (χ1) is 9.04. The van der Waals surface area contributed by atoms with E-state index in [4.69, 9.17) is 9.84 Å². The van der Waals surface area contributed by atoms with Gasteiger partial charge in [0.05, 0.1) is 10.9 Å². The number of carbonyl (C=O) groups is 1. The largest absolute Gasteiger partial charge is 0.489 e. The lowest BCUT2D eigenvalue weighted by Crippen LogP contribution is -2.08. The minimum atomic E-state index is -0.710. The van der Waals surface area contributed by atoms with Gasteiger partial charge in [-0.05, 0) is 64.7 Å². The minimum absolute atomic E-state index is 0.148. The van der Waals surface area contributed by atoms with Gasteiger partial charge in [-0.25, -0.2) is 0 Å². The summed E-state index contributed by atoms with van der Waals surface area (Å²) in [5.41, 5.74) is 2.35. The average Bonchev–Trinajstić information content (AvgIpc) is 3.08. The van der Waals surface area contributed by atoms with Gasteiger partial charge in [0.2, 0.25) is 0 Å². The lowest BCUT2D eigenvalue weighted by molar-refractivity contribution is -0.137. The molecule has 0 bridgehead atoms. The van der Waals surface area contributed by atoms with Crippen LogP contribution in [0.2, 0.25) is 0 Å². The van der Waals surface area contributed by atoms with E-state index < -0.39 is 5.97 Å². The Hall–Kier alpha value is -1.03. The molecule has 2 unspecified atom stereocenters. The van der Waals surface area contributed by atoms with Crippen LogP contribution in [0.5, 0.6) is 5.75 Å². The van der Waals surface area contributed by atoms with E-state index >= 15 is 0 Å². The van der Waals surface area contributed by atoms with Crippen LogP contribution in [-0.4, -0.2) is 17.2 Å². The molecule has 1 aromatic carbocycles. The van der Waals surface area contributed by atoms with Crippen molar-refractivity contribution in [1.82, 2.24) is 0 Å². The summed E-state index contributed by atoms with van der Waals surface area (Å²) in [7, 11) is 0. The number of aliphatic carboxylic acids is 1. The molecule has 1 N–H and O–H groups in total. The van der Waals surface area contributed by atoms with E-state index in [2.05, 4.69) is 28.9 Å². The third kappa shape index (κ3) is 2.64. The lowest BCUT2D eigenvalue weighted by Gasteiger charge is -2.16. The molecule has 1 aliphatic heterocycles. The van der Waals surface area contributed by atoms with Gasteiger partial charge in [-0.15, -0.1) is 0 Å². The first-order valence-corrected chi connectivity index (χ1v) is 7.54. The summed E-state index contributed by atoms with van der Waals surface area (Å²) in [6.45, 7) is 2.06. The van der Waals surface area contributed by atoms with Crippen molar-refractivity contribution in [2.75, 3.05) is 0 Å². The van der Waals surface area contributed by atoms with Crippen molar-refractivity contribution in [2.24, 2.45) is 5.92 Å². The van der Waals surface area contributed by atoms with Gasteiger partial charge in [0.25, 0.3) is 0 Å². The molecule has 2 atom stereocenters. The summed E-state index contributed by atoms with van der Waals surface area (Å²) in [4.78, 5) is 11.0. The van der Waals surface area contributed by atoms with Gasteiger partial charge in [0.15, 0.2) is 0 Å². The number of halogens is 1. The van der Waals surface area contributed by atoms with Crippen LogP contribution in [-0.2, 0) is 11.2 Å². The zero-order chi connectivity index (χ0) is 13.6. The molecule has 1 aromatic rings. The molecular formula is C15H17BrO3. The van der Waals surface area contributed by atoms with Gasteiger partial charge < -0.3 is 9.84 Å². The molecule has 19 heavy (non-hydrogen) atoms. The molecule has 1 fully saturated rings. The maximum atomic E-state index is 11.0. The fourth-order valence-electron chi connectivity index (χ4n) is 2.97. The molecule has 4 heteroatoms. The van der Waals surface area contributed by atoms with Crippen molar-refractivity contribution >= 4 is 21.9 Å². The van der Waals surface area contributed by atoms with Gasteiger partial charge in [0, 0.05) is 6.42 Å². The van der Waals surface area contributed by atoms with Crippen LogP contribution in [0, 0.1) is 5.92 Å². The van der Waals surface area contributed by atoms with Crippen LogP contribution in [0.4, 0.5) is 0 Å². The zero-order valence-electron chi connectivity index (χ0n) is 10.9. The molecule has 1 aliphatic carbocycles. The highest BCUT2D eigenvalue weighted by Gasteiger charge is 2.35. The lowest BCUT2D eigenvalue weighted by atomic mass is 9.89. The van der Waals surface area contributed by atoms with Crippen LogP contribution in [0.15, 0.2) is 16.6 Å². The first-order valence-electron chi connectivity index (χ1n) is 6.75. The molecular weight excluding hydrogens is 308 g/mol. The zero-order valence-corrected chi connectivity index (χ0v) is 12.4. The fraction of sp³-hybridized carbons (Fsp3) is 0.533. The van der Waals surface area contributed by atoms with E-state index in [0.29, 0.717) is 5.92 Å². The molecule has 0 amide bonds. The number of carboxylic acid groups (broad SMARTS) is 1. The quantitative estimate of drug-likeness (QED) is 0.917.